The van der Waals surface area contributed by atoms with Crippen molar-refractivity contribution in [1.29, 1.82) is 0 Å². The van der Waals surface area contributed by atoms with Crippen LogP contribution in [0.3, 0.4) is 0 Å². The van der Waals surface area contributed by atoms with Crippen LogP contribution in [0.4, 0.5) is 0 Å². The van der Waals surface area contributed by atoms with Crippen LogP contribution in [0.25, 0.3) is 0 Å². The maximum atomic E-state index is 5.47. The fourth-order valence-corrected chi connectivity index (χ4v) is 1.85. The van der Waals surface area contributed by atoms with Crippen LogP contribution in [0.1, 0.15) is 19.8 Å². The van der Waals surface area contributed by atoms with E-state index in [2.05, 4.69) is 36.4 Å². The van der Waals surface area contributed by atoms with E-state index in [1.54, 1.807) is 0 Å². The maximum absolute atomic E-state index is 5.47. The van der Waals surface area contributed by atoms with Crippen LogP contribution in [0.2, 0.25) is 0 Å². The zero-order chi connectivity index (χ0) is 9.68. The third-order valence-corrected chi connectivity index (χ3v) is 2.61. The molecule has 0 fully saturated rings. The van der Waals surface area contributed by atoms with E-state index in [1.807, 2.05) is 7.05 Å². The van der Waals surface area contributed by atoms with Crippen LogP contribution in [0, 0.1) is 18.3 Å². The van der Waals surface area contributed by atoms with Crippen molar-refractivity contribution in [3.05, 3.63) is 23.8 Å². The molecule has 70 valence electrons. The molecule has 1 aliphatic rings. The molecule has 1 N–H and O–H groups in total. The molecule has 0 aromatic rings. The van der Waals surface area contributed by atoms with Gasteiger partial charge in [-0.15, -0.1) is 6.42 Å². The first-order valence-electron chi connectivity index (χ1n) is 4.82. The van der Waals surface area contributed by atoms with Gasteiger partial charge in [-0.3, -0.25) is 0 Å². The average Bonchev–Trinajstić information content (AvgIpc) is 2.66. The van der Waals surface area contributed by atoms with Crippen LogP contribution in [0.15, 0.2) is 23.8 Å². The molecular formula is C12H17N. The van der Waals surface area contributed by atoms with Gasteiger partial charge in [0.1, 0.15) is 0 Å². The molecule has 13 heavy (non-hydrogen) atoms. The lowest BCUT2D eigenvalue weighted by molar-refractivity contribution is 0.478. The molecule has 0 aliphatic heterocycles. The normalized spacial score (nSPS) is 19.3. The number of terminal acetylenes is 1. The fraction of sp³-hybridized carbons (Fsp3) is 0.500. The number of nitrogens with one attached hydrogen (secondary N) is 1. The molecule has 0 radical (unpaired) electrons. The molecule has 0 aromatic carbocycles. The Labute approximate surface area is 80.9 Å². The lowest BCUT2D eigenvalue weighted by atomic mass is 9.88. The Balaban J connectivity index is 2.67. The second-order valence-corrected chi connectivity index (χ2v) is 3.32. The number of hydrogen-bond acceptors (Lipinski definition) is 1. The highest BCUT2D eigenvalue weighted by Crippen LogP contribution is 2.25. The Bertz CT molecular complexity index is 255. The van der Waals surface area contributed by atoms with Gasteiger partial charge in [0.05, 0.1) is 6.04 Å². The van der Waals surface area contributed by atoms with Crippen molar-refractivity contribution in [3.63, 3.8) is 0 Å². The number of allylic oxidation sites excluding steroid dienone is 3. The number of rotatable bonds is 4. The Kier molecular flexibility index (Phi) is 3.79. The first-order valence-corrected chi connectivity index (χ1v) is 4.82. The molecule has 0 amide bonds. The van der Waals surface area contributed by atoms with E-state index in [1.165, 1.54) is 5.57 Å². The highest BCUT2D eigenvalue weighted by atomic mass is 14.9. The van der Waals surface area contributed by atoms with E-state index in [-0.39, 0.29) is 6.04 Å². The fourth-order valence-electron chi connectivity index (χ4n) is 1.85. The van der Waals surface area contributed by atoms with Gasteiger partial charge in [0.15, 0.2) is 0 Å². The molecule has 0 saturated heterocycles. The van der Waals surface area contributed by atoms with Crippen molar-refractivity contribution in [1.82, 2.24) is 5.32 Å². The third kappa shape index (κ3) is 2.23. The summed E-state index contributed by atoms with van der Waals surface area (Å²) in [5.74, 6) is 3.29. The van der Waals surface area contributed by atoms with Gasteiger partial charge < -0.3 is 5.32 Å². The summed E-state index contributed by atoms with van der Waals surface area (Å²) in [5.41, 5.74) is 1.46. The molecule has 0 spiro atoms. The first-order chi connectivity index (χ1) is 6.33. The summed E-state index contributed by atoms with van der Waals surface area (Å²) < 4.78 is 0. The van der Waals surface area contributed by atoms with E-state index < -0.39 is 0 Å². The minimum absolute atomic E-state index is 0.177. The Morgan fingerprint density at radius 3 is 2.85 bits per heavy atom. The highest BCUT2D eigenvalue weighted by Gasteiger charge is 2.20. The van der Waals surface area contributed by atoms with Crippen LogP contribution in [0.5, 0.6) is 0 Å². The second-order valence-electron chi connectivity index (χ2n) is 3.32. The zero-order valence-electron chi connectivity index (χ0n) is 8.38. The minimum atomic E-state index is 0.177. The van der Waals surface area contributed by atoms with Gasteiger partial charge in [-0.1, -0.05) is 36.6 Å². The molecular weight excluding hydrogens is 158 g/mol. The topological polar surface area (TPSA) is 12.0 Å². The van der Waals surface area contributed by atoms with E-state index in [0.717, 1.165) is 12.8 Å². The van der Waals surface area contributed by atoms with E-state index in [0.29, 0.717) is 5.92 Å². The lowest BCUT2D eigenvalue weighted by Crippen LogP contribution is -2.32. The molecule has 1 heteroatoms. The molecule has 1 rings (SSSR count). The number of hydrogen-bond donors (Lipinski definition) is 1. The lowest BCUT2D eigenvalue weighted by Gasteiger charge is -2.22. The van der Waals surface area contributed by atoms with Gasteiger partial charge in [-0.2, -0.15) is 0 Å². The third-order valence-electron chi connectivity index (χ3n) is 2.61. The van der Waals surface area contributed by atoms with Gasteiger partial charge in [-0.25, -0.2) is 0 Å². The van der Waals surface area contributed by atoms with Crippen molar-refractivity contribution >= 4 is 0 Å². The van der Waals surface area contributed by atoms with Crippen molar-refractivity contribution in [3.8, 4) is 12.3 Å². The molecule has 1 nitrogen and oxygen atoms in total. The molecule has 0 heterocycles. The predicted octanol–water partition coefficient (Wildman–Crippen LogP) is 2.12. The SMILES string of the molecule is C#CC(NC)C(CC)C1=CC=CC1. The molecule has 0 saturated carbocycles. The zero-order valence-corrected chi connectivity index (χ0v) is 8.38. The van der Waals surface area contributed by atoms with E-state index >= 15 is 0 Å². The predicted molar refractivity (Wildman–Crippen MR) is 57.3 cm³/mol. The summed E-state index contributed by atoms with van der Waals surface area (Å²) in [5, 5.41) is 3.17. The van der Waals surface area contributed by atoms with Crippen LogP contribution < -0.4 is 5.32 Å². The van der Waals surface area contributed by atoms with Crippen LogP contribution in [-0.4, -0.2) is 13.1 Å². The van der Waals surface area contributed by atoms with Crippen molar-refractivity contribution in [2.24, 2.45) is 5.92 Å². The molecule has 0 bridgehead atoms. The quantitative estimate of drug-likeness (QED) is 0.645. The second kappa shape index (κ2) is 4.89. The standard InChI is InChI=1S/C12H17N/c1-4-11(12(5-2)13-3)10-8-6-7-9-10/h2,6-8,11-13H,4,9H2,1,3H3. The van der Waals surface area contributed by atoms with E-state index in [4.69, 9.17) is 6.42 Å². The van der Waals surface area contributed by atoms with Gasteiger partial charge in [0.25, 0.3) is 0 Å². The summed E-state index contributed by atoms with van der Waals surface area (Å²) in [6, 6.07) is 0.177. The molecule has 0 aromatic heterocycles. The summed E-state index contributed by atoms with van der Waals surface area (Å²) in [6.45, 7) is 2.19. The Morgan fingerprint density at radius 2 is 2.46 bits per heavy atom. The van der Waals surface area contributed by atoms with Crippen LogP contribution in [-0.2, 0) is 0 Å². The van der Waals surface area contributed by atoms with Gasteiger partial charge in [0, 0.05) is 5.92 Å². The van der Waals surface area contributed by atoms with E-state index in [9.17, 15) is 0 Å². The summed E-state index contributed by atoms with van der Waals surface area (Å²) in [6.07, 6.45) is 14.1. The summed E-state index contributed by atoms with van der Waals surface area (Å²) in [4.78, 5) is 0. The van der Waals surface area contributed by atoms with Crippen molar-refractivity contribution in [2.45, 2.75) is 25.8 Å². The van der Waals surface area contributed by atoms with Crippen LogP contribution >= 0.6 is 0 Å². The Hall–Kier alpha value is -1.00. The van der Waals surface area contributed by atoms with Crippen molar-refractivity contribution < 1.29 is 0 Å². The summed E-state index contributed by atoms with van der Waals surface area (Å²) in [7, 11) is 1.93. The smallest absolute Gasteiger partial charge is 0.0750 e. The first kappa shape index (κ1) is 10.1. The largest absolute Gasteiger partial charge is 0.306 e. The monoisotopic (exact) mass is 175 g/mol. The minimum Gasteiger partial charge on any atom is -0.306 e. The Morgan fingerprint density at radius 1 is 1.69 bits per heavy atom. The molecule has 1 aliphatic carbocycles. The van der Waals surface area contributed by atoms with Gasteiger partial charge >= 0.3 is 0 Å². The highest BCUT2D eigenvalue weighted by molar-refractivity contribution is 5.28. The summed E-state index contributed by atoms with van der Waals surface area (Å²) >= 11 is 0. The molecule has 2 unspecified atom stereocenters. The molecule has 2 atom stereocenters. The maximum Gasteiger partial charge on any atom is 0.0750 e. The van der Waals surface area contributed by atoms with Crippen molar-refractivity contribution in [2.75, 3.05) is 7.05 Å². The average molecular weight is 175 g/mol. The van der Waals surface area contributed by atoms with Gasteiger partial charge in [-0.05, 0) is 19.9 Å². The van der Waals surface area contributed by atoms with Gasteiger partial charge in [0.2, 0.25) is 0 Å².